The van der Waals surface area contributed by atoms with Gasteiger partial charge in [0, 0.05) is 17.8 Å². The Labute approximate surface area is 184 Å². The Kier molecular flexibility index (Phi) is 5.54. The number of aromatic carboxylic acids is 1. The smallest absolute Gasteiger partial charge is 0.417 e. The van der Waals surface area contributed by atoms with Crippen LogP contribution in [0, 0.1) is 5.82 Å². The summed E-state index contributed by atoms with van der Waals surface area (Å²) in [4.78, 5) is 28.6. The predicted molar refractivity (Wildman–Crippen MR) is 107 cm³/mol. The minimum atomic E-state index is -4.81. The zero-order valence-corrected chi connectivity index (χ0v) is 17.1. The molecule has 0 fully saturated rings. The van der Waals surface area contributed by atoms with Crippen molar-refractivity contribution in [1.29, 1.82) is 0 Å². The van der Waals surface area contributed by atoms with Crippen LogP contribution in [-0.4, -0.2) is 26.4 Å². The second-order valence-corrected chi connectivity index (χ2v) is 7.74. The molecule has 0 spiro atoms. The molecule has 0 amide bonds. The molecule has 10 heteroatoms. The molecule has 1 N–H and O–H groups in total. The van der Waals surface area contributed by atoms with E-state index in [4.69, 9.17) is 16.7 Å². The van der Waals surface area contributed by atoms with Gasteiger partial charge in [0.2, 0.25) is 5.78 Å². The zero-order chi connectivity index (χ0) is 23.2. The summed E-state index contributed by atoms with van der Waals surface area (Å²) in [5, 5.41) is 8.68. The molecule has 0 aliphatic carbocycles. The summed E-state index contributed by atoms with van der Waals surface area (Å²) in [7, 11) is 0. The number of rotatable bonds is 4. The van der Waals surface area contributed by atoms with E-state index in [9.17, 15) is 27.2 Å². The maximum atomic E-state index is 14.7. The van der Waals surface area contributed by atoms with Crippen LogP contribution in [0.5, 0.6) is 0 Å². The van der Waals surface area contributed by atoms with Crippen molar-refractivity contribution in [1.82, 2.24) is 9.55 Å². The van der Waals surface area contributed by atoms with E-state index in [1.165, 1.54) is 22.8 Å². The first-order valence-corrected chi connectivity index (χ1v) is 10.0. The van der Waals surface area contributed by atoms with Gasteiger partial charge in [-0.25, -0.2) is 14.2 Å². The molecule has 0 radical (unpaired) electrons. The van der Waals surface area contributed by atoms with Gasteiger partial charge in [-0.05, 0) is 49.6 Å². The number of hydrogen-bond acceptors (Lipinski definition) is 3. The summed E-state index contributed by atoms with van der Waals surface area (Å²) < 4.78 is 56.8. The van der Waals surface area contributed by atoms with Gasteiger partial charge >= 0.3 is 12.1 Å². The maximum absolute atomic E-state index is 14.7. The molecule has 1 aromatic heterocycles. The molecule has 5 nitrogen and oxygen atoms in total. The number of alkyl halides is 3. The summed E-state index contributed by atoms with van der Waals surface area (Å²) in [5.41, 5.74) is -1.59. The Morgan fingerprint density at radius 1 is 1.12 bits per heavy atom. The molecular formula is C22H15ClF4N2O3. The topological polar surface area (TPSA) is 72.2 Å². The summed E-state index contributed by atoms with van der Waals surface area (Å²) >= 11 is 5.99. The number of carboxylic acid groups (broad SMARTS) is 1. The highest BCUT2D eigenvalue weighted by Crippen LogP contribution is 2.37. The fourth-order valence-electron chi connectivity index (χ4n) is 3.88. The monoisotopic (exact) mass is 466 g/mol. The van der Waals surface area contributed by atoms with Crippen LogP contribution in [-0.2, 0) is 19.1 Å². The van der Waals surface area contributed by atoms with Crippen LogP contribution >= 0.6 is 11.6 Å². The van der Waals surface area contributed by atoms with E-state index < -0.39 is 34.9 Å². The van der Waals surface area contributed by atoms with Gasteiger partial charge in [-0.3, -0.25) is 4.79 Å². The third kappa shape index (κ3) is 3.77. The highest BCUT2D eigenvalue weighted by Gasteiger charge is 2.38. The molecule has 0 saturated heterocycles. The van der Waals surface area contributed by atoms with Crippen molar-refractivity contribution >= 4 is 23.4 Å². The third-order valence-corrected chi connectivity index (χ3v) is 5.65. The van der Waals surface area contributed by atoms with E-state index >= 15 is 0 Å². The summed E-state index contributed by atoms with van der Waals surface area (Å²) in [6.45, 7) is 0.323. The van der Waals surface area contributed by atoms with Crippen LogP contribution in [0.1, 0.15) is 50.6 Å². The van der Waals surface area contributed by atoms with Gasteiger partial charge in [-0.1, -0.05) is 17.7 Å². The first-order valence-electron chi connectivity index (χ1n) is 9.62. The molecule has 4 rings (SSSR count). The number of carboxylic acids is 1. The lowest BCUT2D eigenvalue weighted by Gasteiger charge is -2.18. The molecule has 1 aliphatic heterocycles. The van der Waals surface area contributed by atoms with Gasteiger partial charge < -0.3 is 9.67 Å². The summed E-state index contributed by atoms with van der Waals surface area (Å²) in [6.07, 6.45) is -2.99. The molecule has 0 bridgehead atoms. The molecule has 0 saturated carbocycles. The number of carbonyl (C=O) groups excluding carboxylic acids is 1. The molecule has 32 heavy (non-hydrogen) atoms. The number of imidazole rings is 1. The van der Waals surface area contributed by atoms with Crippen molar-refractivity contribution < 1.29 is 32.3 Å². The number of halogens is 5. The van der Waals surface area contributed by atoms with E-state index in [-0.39, 0.29) is 27.7 Å². The van der Waals surface area contributed by atoms with Gasteiger partial charge in [0.1, 0.15) is 5.82 Å². The average Bonchev–Trinajstić information content (AvgIpc) is 3.12. The minimum Gasteiger partial charge on any atom is -0.478 e. The van der Waals surface area contributed by atoms with E-state index in [0.717, 1.165) is 24.6 Å². The van der Waals surface area contributed by atoms with Crippen molar-refractivity contribution in [3.05, 3.63) is 75.4 Å². The van der Waals surface area contributed by atoms with Crippen molar-refractivity contribution in [2.75, 3.05) is 0 Å². The SMILES string of the molecule is O=C(O)c1ccc(-c2nc(C(=O)c3c(Cl)cccc3C(F)(F)F)n3c2CCCC3)c(F)c1. The molecule has 2 aromatic carbocycles. The fraction of sp³-hybridized carbons (Fsp3) is 0.227. The van der Waals surface area contributed by atoms with Crippen LogP contribution in [0.3, 0.4) is 0 Å². The van der Waals surface area contributed by atoms with E-state index in [0.29, 0.717) is 25.1 Å². The summed E-state index contributed by atoms with van der Waals surface area (Å²) in [5.74, 6) is -3.45. The number of hydrogen-bond donors (Lipinski definition) is 1. The molecule has 1 aliphatic rings. The van der Waals surface area contributed by atoms with Gasteiger partial charge in [0.25, 0.3) is 0 Å². The Morgan fingerprint density at radius 2 is 1.88 bits per heavy atom. The Balaban J connectivity index is 1.90. The highest BCUT2D eigenvalue weighted by atomic mass is 35.5. The molecule has 0 atom stereocenters. The normalized spacial score (nSPS) is 13.7. The van der Waals surface area contributed by atoms with Gasteiger partial charge in [-0.2, -0.15) is 13.2 Å². The first kappa shape index (κ1) is 22.0. The van der Waals surface area contributed by atoms with Crippen LogP contribution in [0.15, 0.2) is 36.4 Å². The predicted octanol–water partition coefficient (Wildman–Crippen LogP) is 5.63. The van der Waals surface area contributed by atoms with Crippen LogP contribution in [0.2, 0.25) is 5.02 Å². The number of benzene rings is 2. The van der Waals surface area contributed by atoms with Crippen LogP contribution in [0.25, 0.3) is 11.3 Å². The zero-order valence-electron chi connectivity index (χ0n) is 16.3. The van der Waals surface area contributed by atoms with Crippen molar-refractivity contribution in [3.63, 3.8) is 0 Å². The van der Waals surface area contributed by atoms with Gasteiger partial charge in [0.15, 0.2) is 5.82 Å². The van der Waals surface area contributed by atoms with E-state index in [2.05, 4.69) is 4.98 Å². The Morgan fingerprint density at radius 3 is 2.53 bits per heavy atom. The maximum Gasteiger partial charge on any atom is 0.417 e. The largest absolute Gasteiger partial charge is 0.478 e. The number of carbonyl (C=O) groups is 2. The number of fused-ring (bicyclic) bond motifs is 1. The first-order chi connectivity index (χ1) is 15.1. The Hall–Kier alpha value is -3.20. The lowest BCUT2D eigenvalue weighted by molar-refractivity contribution is -0.137. The molecule has 166 valence electrons. The second-order valence-electron chi connectivity index (χ2n) is 7.33. The quantitative estimate of drug-likeness (QED) is 0.400. The molecule has 2 heterocycles. The van der Waals surface area contributed by atoms with Gasteiger partial charge in [-0.15, -0.1) is 0 Å². The number of ketones is 1. The standard InChI is InChI=1S/C22H15ClF4N2O3/c23-14-5-3-4-13(22(25,26)27)17(14)19(30)20-28-18(16-6-1-2-9-29(16)20)12-8-7-11(21(31)32)10-15(12)24/h3-5,7-8,10H,1-2,6,9H2,(H,31,32). The average molecular weight is 467 g/mol. The lowest BCUT2D eigenvalue weighted by atomic mass is 10.0. The molecular weight excluding hydrogens is 452 g/mol. The van der Waals surface area contributed by atoms with Crippen LogP contribution in [0.4, 0.5) is 17.6 Å². The molecule has 3 aromatic rings. The van der Waals surface area contributed by atoms with Gasteiger partial charge in [0.05, 0.1) is 27.4 Å². The van der Waals surface area contributed by atoms with E-state index in [1.807, 2.05) is 0 Å². The number of nitrogens with zero attached hydrogens (tertiary/aromatic N) is 2. The number of aromatic nitrogens is 2. The lowest BCUT2D eigenvalue weighted by Crippen LogP contribution is -2.20. The Bertz CT molecular complexity index is 1250. The third-order valence-electron chi connectivity index (χ3n) is 5.34. The molecule has 0 unspecified atom stereocenters. The second kappa shape index (κ2) is 8.05. The highest BCUT2D eigenvalue weighted by molar-refractivity contribution is 6.35. The minimum absolute atomic E-state index is 0.0325. The van der Waals surface area contributed by atoms with Crippen molar-refractivity contribution in [2.24, 2.45) is 0 Å². The van der Waals surface area contributed by atoms with E-state index in [1.54, 1.807) is 0 Å². The summed E-state index contributed by atoms with van der Waals surface area (Å²) in [6, 6.07) is 6.34. The van der Waals surface area contributed by atoms with Crippen molar-refractivity contribution in [2.45, 2.75) is 32.0 Å². The van der Waals surface area contributed by atoms with Crippen molar-refractivity contribution in [3.8, 4) is 11.3 Å². The fourth-order valence-corrected chi connectivity index (χ4v) is 4.14. The van der Waals surface area contributed by atoms with Crippen LogP contribution < -0.4 is 0 Å².